The van der Waals surface area contributed by atoms with Gasteiger partial charge in [0.2, 0.25) is 5.91 Å². The van der Waals surface area contributed by atoms with E-state index in [1.165, 1.54) is 0 Å². The zero-order valence-electron chi connectivity index (χ0n) is 16.1. The summed E-state index contributed by atoms with van der Waals surface area (Å²) in [6.07, 6.45) is 1.43. The van der Waals surface area contributed by atoms with Crippen molar-refractivity contribution in [3.63, 3.8) is 0 Å². The normalized spacial score (nSPS) is 14.4. The standard InChI is InChI=1S/C23H21N3O3/c1-15(16-8-4-9-19(12-16)26-11-5-10-22(26)28)24-25-23(29)20-13-17-6-2-3-7-18(17)14-21(20)27/h2-4,6-9,12-14,27H,5,10-11H2,1H3,(H,25,29)/b24-15-. The Balaban J connectivity index is 1.54. The van der Waals surface area contributed by atoms with Crippen LogP contribution < -0.4 is 10.3 Å². The molecule has 1 fully saturated rings. The van der Waals surface area contributed by atoms with Crippen molar-refractivity contribution < 1.29 is 14.7 Å². The van der Waals surface area contributed by atoms with Crippen molar-refractivity contribution in [2.75, 3.05) is 11.4 Å². The zero-order valence-corrected chi connectivity index (χ0v) is 16.1. The summed E-state index contributed by atoms with van der Waals surface area (Å²) in [4.78, 5) is 26.3. The predicted molar refractivity (Wildman–Crippen MR) is 113 cm³/mol. The molecule has 2 amide bonds. The van der Waals surface area contributed by atoms with Gasteiger partial charge in [-0.3, -0.25) is 9.59 Å². The van der Waals surface area contributed by atoms with Crippen LogP contribution in [-0.4, -0.2) is 29.2 Å². The number of hydrazone groups is 1. The first-order valence-electron chi connectivity index (χ1n) is 9.50. The van der Waals surface area contributed by atoms with E-state index < -0.39 is 5.91 Å². The SMILES string of the molecule is C/C(=N/NC(=O)c1cc2ccccc2cc1O)c1cccc(N2CCCC2=O)c1. The van der Waals surface area contributed by atoms with Gasteiger partial charge >= 0.3 is 0 Å². The number of anilines is 1. The number of hydrogen-bond acceptors (Lipinski definition) is 4. The summed E-state index contributed by atoms with van der Waals surface area (Å²) in [6, 6.07) is 18.2. The van der Waals surface area contributed by atoms with E-state index in [0.717, 1.165) is 35.0 Å². The van der Waals surface area contributed by atoms with Crippen LogP contribution in [0, 0.1) is 0 Å². The minimum absolute atomic E-state index is 0.0939. The molecule has 0 aliphatic carbocycles. The topological polar surface area (TPSA) is 82.0 Å². The van der Waals surface area contributed by atoms with E-state index in [0.29, 0.717) is 12.1 Å². The molecule has 0 radical (unpaired) electrons. The molecular weight excluding hydrogens is 366 g/mol. The Bertz CT molecular complexity index is 1140. The van der Waals surface area contributed by atoms with E-state index in [9.17, 15) is 14.7 Å². The molecule has 1 heterocycles. The molecule has 146 valence electrons. The first-order valence-corrected chi connectivity index (χ1v) is 9.50. The van der Waals surface area contributed by atoms with Crippen LogP contribution in [0.25, 0.3) is 10.8 Å². The lowest BCUT2D eigenvalue weighted by Crippen LogP contribution is -2.24. The second-order valence-corrected chi connectivity index (χ2v) is 7.05. The van der Waals surface area contributed by atoms with Crippen LogP contribution in [0.5, 0.6) is 5.75 Å². The summed E-state index contributed by atoms with van der Waals surface area (Å²) in [6.45, 7) is 2.50. The second-order valence-electron chi connectivity index (χ2n) is 7.05. The molecule has 29 heavy (non-hydrogen) atoms. The first kappa shape index (κ1) is 18.7. The second kappa shape index (κ2) is 7.75. The van der Waals surface area contributed by atoms with E-state index in [4.69, 9.17) is 0 Å². The largest absolute Gasteiger partial charge is 0.507 e. The molecule has 1 saturated heterocycles. The minimum Gasteiger partial charge on any atom is -0.507 e. The summed E-state index contributed by atoms with van der Waals surface area (Å²) in [5, 5.41) is 16.1. The van der Waals surface area contributed by atoms with Crippen LogP contribution in [0.1, 0.15) is 35.7 Å². The van der Waals surface area contributed by atoms with Gasteiger partial charge < -0.3 is 10.0 Å². The Morgan fingerprint density at radius 1 is 1.07 bits per heavy atom. The van der Waals surface area contributed by atoms with Gasteiger partial charge in [0.1, 0.15) is 5.75 Å². The summed E-state index contributed by atoms with van der Waals surface area (Å²) in [7, 11) is 0. The number of benzene rings is 3. The van der Waals surface area contributed by atoms with Crippen molar-refractivity contribution >= 4 is 34.0 Å². The van der Waals surface area contributed by atoms with Gasteiger partial charge in [-0.25, -0.2) is 5.43 Å². The number of aromatic hydroxyl groups is 1. The van der Waals surface area contributed by atoms with E-state index in [1.54, 1.807) is 24.0 Å². The Morgan fingerprint density at radius 2 is 1.83 bits per heavy atom. The van der Waals surface area contributed by atoms with Crippen LogP contribution in [-0.2, 0) is 4.79 Å². The van der Waals surface area contributed by atoms with Gasteiger partial charge in [0, 0.05) is 18.7 Å². The van der Waals surface area contributed by atoms with Crippen molar-refractivity contribution in [2.24, 2.45) is 5.10 Å². The summed E-state index contributed by atoms with van der Waals surface area (Å²) >= 11 is 0. The predicted octanol–water partition coefficient (Wildman–Crippen LogP) is 3.83. The van der Waals surface area contributed by atoms with Crippen LogP contribution in [0.4, 0.5) is 5.69 Å². The molecule has 2 N–H and O–H groups in total. The third-order valence-electron chi connectivity index (χ3n) is 5.08. The van der Waals surface area contributed by atoms with Gasteiger partial charge in [-0.05, 0) is 53.9 Å². The quantitative estimate of drug-likeness (QED) is 0.527. The molecular formula is C23H21N3O3. The highest BCUT2D eigenvalue weighted by Gasteiger charge is 2.21. The first-order chi connectivity index (χ1) is 14.0. The number of carbonyl (C=O) groups excluding carboxylic acids is 2. The number of nitrogens with zero attached hydrogens (tertiary/aromatic N) is 2. The molecule has 6 heteroatoms. The molecule has 0 unspecified atom stereocenters. The Labute approximate surface area is 168 Å². The van der Waals surface area contributed by atoms with Crippen molar-refractivity contribution in [2.45, 2.75) is 19.8 Å². The number of hydrogen-bond donors (Lipinski definition) is 2. The van der Waals surface area contributed by atoms with Crippen molar-refractivity contribution in [3.05, 3.63) is 71.8 Å². The zero-order chi connectivity index (χ0) is 20.4. The Kier molecular flexibility index (Phi) is 4.99. The fourth-order valence-electron chi connectivity index (χ4n) is 3.49. The highest BCUT2D eigenvalue weighted by atomic mass is 16.3. The van der Waals surface area contributed by atoms with E-state index in [-0.39, 0.29) is 17.2 Å². The number of nitrogens with one attached hydrogen (secondary N) is 1. The van der Waals surface area contributed by atoms with E-state index in [2.05, 4.69) is 10.5 Å². The number of carbonyl (C=O) groups is 2. The molecule has 6 nitrogen and oxygen atoms in total. The smallest absolute Gasteiger partial charge is 0.275 e. The maximum Gasteiger partial charge on any atom is 0.275 e. The van der Waals surface area contributed by atoms with Gasteiger partial charge in [0.15, 0.2) is 0 Å². The molecule has 0 aromatic heterocycles. The monoisotopic (exact) mass is 387 g/mol. The maximum absolute atomic E-state index is 12.5. The molecule has 0 bridgehead atoms. The van der Waals surface area contributed by atoms with Gasteiger partial charge in [0.25, 0.3) is 5.91 Å². The fourth-order valence-corrected chi connectivity index (χ4v) is 3.49. The minimum atomic E-state index is -0.488. The van der Waals surface area contributed by atoms with Gasteiger partial charge in [-0.2, -0.15) is 5.10 Å². The highest BCUT2D eigenvalue weighted by Crippen LogP contribution is 2.25. The van der Waals surface area contributed by atoms with Gasteiger partial charge in [-0.15, -0.1) is 0 Å². The molecule has 0 atom stereocenters. The number of rotatable bonds is 4. The number of phenolic OH excluding ortho intramolecular Hbond substituents is 1. The summed E-state index contributed by atoms with van der Waals surface area (Å²) < 4.78 is 0. The lowest BCUT2D eigenvalue weighted by Gasteiger charge is -2.16. The van der Waals surface area contributed by atoms with Crippen LogP contribution in [0.15, 0.2) is 65.8 Å². The molecule has 0 saturated carbocycles. The van der Waals surface area contributed by atoms with Crippen molar-refractivity contribution in [1.29, 1.82) is 0 Å². The molecule has 3 aromatic carbocycles. The average molecular weight is 387 g/mol. The average Bonchev–Trinajstić information content (AvgIpc) is 3.17. The highest BCUT2D eigenvalue weighted by molar-refractivity contribution is 6.04. The van der Waals surface area contributed by atoms with Gasteiger partial charge in [0.05, 0.1) is 11.3 Å². The summed E-state index contributed by atoms with van der Waals surface area (Å²) in [5.41, 5.74) is 4.92. The third kappa shape index (κ3) is 3.82. The Morgan fingerprint density at radius 3 is 2.55 bits per heavy atom. The molecule has 4 rings (SSSR count). The molecule has 0 spiro atoms. The lowest BCUT2D eigenvalue weighted by atomic mass is 10.1. The van der Waals surface area contributed by atoms with Crippen LogP contribution >= 0.6 is 0 Å². The number of amides is 2. The van der Waals surface area contributed by atoms with Crippen LogP contribution in [0.2, 0.25) is 0 Å². The van der Waals surface area contributed by atoms with Crippen LogP contribution in [0.3, 0.4) is 0 Å². The molecule has 1 aliphatic rings. The maximum atomic E-state index is 12.5. The fraction of sp³-hybridized carbons (Fsp3) is 0.174. The number of phenols is 1. The summed E-state index contributed by atoms with van der Waals surface area (Å²) in [5.74, 6) is -0.459. The third-order valence-corrected chi connectivity index (χ3v) is 5.08. The van der Waals surface area contributed by atoms with E-state index >= 15 is 0 Å². The van der Waals surface area contributed by atoms with Crippen molar-refractivity contribution in [3.8, 4) is 5.75 Å². The molecule has 1 aliphatic heterocycles. The lowest BCUT2D eigenvalue weighted by molar-refractivity contribution is -0.117. The van der Waals surface area contributed by atoms with Crippen molar-refractivity contribution in [1.82, 2.24) is 5.43 Å². The Hall–Kier alpha value is -3.67. The molecule has 3 aromatic rings. The number of fused-ring (bicyclic) bond motifs is 1. The van der Waals surface area contributed by atoms with Gasteiger partial charge in [-0.1, -0.05) is 36.4 Å². The van der Waals surface area contributed by atoms with E-state index in [1.807, 2.05) is 48.5 Å².